The Morgan fingerprint density at radius 2 is 1.80 bits per heavy atom. The van der Waals surface area contributed by atoms with Crippen LogP contribution in [-0.4, -0.2) is 67.7 Å². The molecular formula is C26H29N5O4. The van der Waals surface area contributed by atoms with Crippen LogP contribution in [0.3, 0.4) is 0 Å². The predicted molar refractivity (Wildman–Crippen MR) is 132 cm³/mol. The predicted octanol–water partition coefficient (Wildman–Crippen LogP) is 3.08. The van der Waals surface area contributed by atoms with Gasteiger partial charge in [-0.25, -0.2) is 14.8 Å². The largest absolute Gasteiger partial charge is 0.441 e. The van der Waals surface area contributed by atoms with Gasteiger partial charge in [0.25, 0.3) is 0 Å². The van der Waals surface area contributed by atoms with Gasteiger partial charge in [0.2, 0.25) is 5.95 Å². The van der Waals surface area contributed by atoms with Gasteiger partial charge in [-0.2, -0.15) is 0 Å². The third-order valence-corrected chi connectivity index (χ3v) is 6.20. The van der Waals surface area contributed by atoms with E-state index in [1.807, 2.05) is 62.6 Å². The van der Waals surface area contributed by atoms with Crippen LogP contribution >= 0.6 is 0 Å². The molecule has 0 saturated carbocycles. The number of rotatable bonds is 7. The summed E-state index contributed by atoms with van der Waals surface area (Å²) < 4.78 is 17.5. The lowest BCUT2D eigenvalue weighted by Crippen LogP contribution is -2.39. The Labute approximate surface area is 204 Å². The second kappa shape index (κ2) is 10.3. The van der Waals surface area contributed by atoms with Crippen molar-refractivity contribution in [1.82, 2.24) is 15.3 Å². The number of aromatic nitrogens is 2. The number of benzene rings is 2. The average molecular weight is 476 g/mol. The summed E-state index contributed by atoms with van der Waals surface area (Å²) in [5, 5.41) is 6.11. The number of alkyl carbamates (subject to hydrolysis) is 1. The van der Waals surface area contributed by atoms with E-state index >= 15 is 0 Å². The van der Waals surface area contributed by atoms with E-state index < -0.39 is 12.2 Å². The van der Waals surface area contributed by atoms with Crippen molar-refractivity contribution in [2.75, 3.05) is 37.5 Å². The Morgan fingerprint density at radius 1 is 1.03 bits per heavy atom. The molecule has 9 nitrogen and oxygen atoms in total. The van der Waals surface area contributed by atoms with Crippen LogP contribution in [0, 0.1) is 0 Å². The minimum atomic E-state index is -0.487. The van der Waals surface area contributed by atoms with E-state index in [-0.39, 0.29) is 24.9 Å². The zero-order valence-corrected chi connectivity index (χ0v) is 19.8. The fraction of sp³-hybridized carbons (Fsp3) is 0.346. The molecule has 3 heterocycles. The Balaban J connectivity index is 1.17. The maximum Gasteiger partial charge on any atom is 0.407 e. The molecule has 2 fully saturated rings. The summed E-state index contributed by atoms with van der Waals surface area (Å²) in [6.07, 6.45) is 0.186. The summed E-state index contributed by atoms with van der Waals surface area (Å²) >= 11 is 0. The number of ether oxygens (including phenoxy) is 3. The van der Waals surface area contributed by atoms with Crippen molar-refractivity contribution in [3.05, 3.63) is 72.4 Å². The van der Waals surface area contributed by atoms with E-state index in [0.717, 1.165) is 22.5 Å². The summed E-state index contributed by atoms with van der Waals surface area (Å²) in [7, 11) is 4.02. The van der Waals surface area contributed by atoms with Crippen LogP contribution < -0.4 is 15.5 Å². The zero-order valence-electron chi connectivity index (χ0n) is 19.8. The first-order valence-corrected chi connectivity index (χ1v) is 11.7. The molecule has 0 aliphatic carbocycles. The summed E-state index contributed by atoms with van der Waals surface area (Å²) in [5.74, 6) is 0.502. The minimum Gasteiger partial charge on any atom is -0.441 e. The lowest BCUT2D eigenvalue weighted by Gasteiger charge is -2.18. The summed E-state index contributed by atoms with van der Waals surface area (Å²) in [4.78, 5) is 23.4. The number of hydrogen-bond acceptors (Lipinski definition) is 8. The molecule has 3 aromatic rings. The second-order valence-electron chi connectivity index (χ2n) is 8.84. The molecule has 0 spiro atoms. The highest BCUT2D eigenvalue weighted by Gasteiger charge is 2.49. The molecule has 0 bridgehead atoms. The zero-order chi connectivity index (χ0) is 24.2. The summed E-state index contributed by atoms with van der Waals surface area (Å²) in [6.45, 7) is 1.09. The molecule has 2 N–H and O–H groups in total. The molecule has 0 unspecified atom stereocenters. The lowest BCUT2D eigenvalue weighted by atomic mass is 10.1. The molecular weight excluding hydrogens is 446 g/mol. The van der Waals surface area contributed by atoms with Crippen LogP contribution in [0.15, 0.2) is 66.9 Å². The molecule has 1 aromatic heterocycles. The van der Waals surface area contributed by atoms with E-state index in [4.69, 9.17) is 14.2 Å². The van der Waals surface area contributed by atoms with Gasteiger partial charge in [0, 0.05) is 38.1 Å². The standard InChI is InChI=1S/C26H29N5O4/c1-31(2)19-10-8-18(9-11-19)20-12-13-27-25(29-20)30-21-15-33-24-22(16-34-23(21)24)35-26(32)28-14-17-6-4-3-5-7-17/h3-13,21-24H,14-16H2,1-2H3,(H,28,32)(H,27,29,30)/t21-,22-,23-,24+/m1/s1. The molecule has 2 aliphatic rings. The van der Waals surface area contributed by atoms with Crippen LogP contribution in [0.5, 0.6) is 0 Å². The third kappa shape index (κ3) is 5.36. The molecule has 2 aliphatic heterocycles. The lowest BCUT2D eigenvalue weighted by molar-refractivity contribution is 0.00431. The first kappa shape index (κ1) is 23.1. The van der Waals surface area contributed by atoms with Gasteiger partial charge < -0.3 is 29.7 Å². The monoisotopic (exact) mass is 475 g/mol. The minimum absolute atomic E-state index is 0.146. The quantitative estimate of drug-likeness (QED) is 0.538. The Morgan fingerprint density at radius 3 is 2.57 bits per heavy atom. The van der Waals surface area contributed by atoms with E-state index in [1.54, 1.807) is 6.20 Å². The highest BCUT2D eigenvalue weighted by atomic mass is 16.6. The van der Waals surface area contributed by atoms with Gasteiger partial charge in [0.05, 0.1) is 24.9 Å². The Kier molecular flexibility index (Phi) is 6.78. The number of hydrogen-bond donors (Lipinski definition) is 2. The molecule has 2 saturated heterocycles. The normalized spacial score (nSPS) is 22.9. The Hall–Kier alpha value is -3.69. The first-order chi connectivity index (χ1) is 17.1. The smallest absolute Gasteiger partial charge is 0.407 e. The van der Waals surface area contributed by atoms with Crippen molar-refractivity contribution in [1.29, 1.82) is 0 Å². The van der Waals surface area contributed by atoms with Gasteiger partial charge in [-0.3, -0.25) is 0 Å². The molecule has 35 heavy (non-hydrogen) atoms. The number of nitrogens with zero attached hydrogens (tertiary/aromatic N) is 3. The number of fused-ring (bicyclic) bond motifs is 1. The average Bonchev–Trinajstić information content (AvgIpc) is 3.47. The first-order valence-electron chi connectivity index (χ1n) is 11.7. The van der Waals surface area contributed by atoms with Crippen LogP contribution in [0.25, 0.3) is 11.3 Å². The number of carbonyl (C=O) groups excluding carboxylic acids is 1. The topological polar surface area (TPSA) is 97.8 Å². The maximum atomic E-state index is 12.3. The highest BCUT2D eigenvalue weighted by Crippen LogP contribution is 2.30. The van der Waals surface area contributed by atoms with E-state index in [0.29, 0.717) is 19.1 Å². The van der Waals surface area contributed by atoms with Crippen molar-refractivity contribution >= 4 is 17.7 Å². The van der Waals surface area contributed by atoms with Crippen molar-refractivity contribution in [3.8, 4) is 11.3 Å². The molecule has 4 atom stereocenters. The molecule has 5 rings (SSSR count). The van der Waals surface area contributed by atoms with Gasteiger partial charge in [-0.05, 0) is 23.8 Å². The van der Waals surface area contributed by atoms with E-state index in [1.165, 1.54) is 0 Å². The summed E-state index contributed by atoms with van der Waals surface area (Å²) in [6, 6.07) is 19.6. The highest BCUT2D eigenvalue weighted by molar-refractivity contribution is 5.67. The maximum absolute atomic E-state index is 12.3. The molecule has 2 aromatic carbocycles. The molecule has 182 valence electrons. The number of nitrogens with one attached hydrogen (secondary N) is 2. The van der Waals surface area contributed by atoms with Crippen molar-refractivity contribution < 1.29 is 19.0 Å². The van der Waals surface area contributed by atoms with Crippen molar-refractivity contribution in [3.63, 3.8) is 0 Å². The molecule has 0 radical (unpaired) electrons. The number of amides is 1. The van der Waals surface area contributed by atoms with Gasteiger partial charge in [-0.1, -0.05) is 42.5 Å². The van der Waals surface area contributed by atoms with Gasteiger partial charge in [0.1, 0.15) is 12.2 Å². The van der Waals surface area contributed by atoms with Crippen LogP contribution in [0.2, 0.25) is 0 Å². The van der Waals surface area contributed by atoms with E-state index in [2.05, 4.69) is 37.6 Å². The van der Waals surface area contributed by atoms with Crippen molar-refractivity contribution in [2.24, 2.45) is 0 Å². The SMILES string of the molecule is CN(C)c1ccc(-c2ccnc(N[C@@H]3CO[C@@H]4[C@@H]3OC[C@H]4OC(=O)NCc3ccccc3)n2)cc1. The Bertz CT molecular complexity index is 1140. The van der Waals surface area contributed by atoms with Gasteiger partial charge in [-0.15, -0.1) is 0 Å². The molecule has 9 heteroatoms. The number of anilines is 2. The van der Waals surface area contributed by atoms with Crippen LogP contribution in [0.1, 0.15) is 5.56 Å². The fourth-order valence-electron chi connectivity index (χ4n) is 4.32. The van der Waals surface area contributed by atoms with Gasteiger partial charge in [0.15, 0.2) is 6.10 Å². The fourth-order valence-corrected chi connectivity index (χ4v) is 4.32. The molecule has 1 amide bonds. The van der Waals surface area contributed by atoms with Crippen LogP contribution in [-0.2, 0) is 20.8 Å². The van der Waals surface area contributed by atoms with E-state index in [9.17, 15) is 4.79 Å². The summed E-state index contributed by atoms with van der Waals surface area (Å²) in [5.41, 5.74) is 3.96. The third-order valence-electron chi connectivity index (χ3n) is 6.20. The van der Waals surface area contributed by atoms with Crippen molar-refractivity contribution in [2.45, 2.75) is 30.9 Å². The van der Waals surface area contributed by atoms with Crippen LogP contribution in [0.4, 0.5) is 16.4 Å². The van der Waals surface area contributed by atoms with Gasteiger partial charge >= 0.3 is 6.09 Å². The number of carbonyl (C=O) groups is 1. The second-order valence-corrected chi connectivity index (χ2v) is 8.84.